The minimum absolute atomic E-state index is 0.0764. The number of carbonyl (C=O) groups is 1. The second-order valence-electron chi connectivity index (χ2n) is 5.87. The number of nitrogens with one attached hydrogen (secondary N) is 3. The molecule has 3 N–H and O–H groups in total. The average Bonchev–Trinajstić information content (AvgIpc) is 3.16. The molecule has 1 amide bonds. The van der Waals surface area contributed by atoms with Gasteiger partial charge in [0.2, 0.25) is 0 Å². The zero-order valence-electron chi connectivity index (χ0n) is 13.5. The quantitative estimate of drug-likeness (QED) is 0.585. The molecule has 6 heteroatoms. The van der Waals surface area contributed by atoms with Gasteiger partial charge in [-0.2, -0.15) is 0 Å². The molecule has 1 aliphatic rings. The number of halogens is 1. The zero-order chi connectivity index (χ0) is 17.4. The number of hydrogen-bond donors (Lipinski definition) is 3. The SMILES string of the molecule is Cc1ccc(Cl)cc1NC1NC(=O)/C(=C/c2c[nH]c3ccccc23)S1. The number of amides is 1. The number of rotatable bonds is 3. The molecule has 4 nitrogen and oxygen atoms in total. The highest BCUT2D eigenvalue weighted by molar-refractivity contribution is 8.05. The van der Waals surface area contributed by atoms with Crippen molar-refractivity contribution in [1.29, 1.82) is 0 Å². The fraction of sp³-hybridized carbons (Fsp3) is 0.105. The number of fused-ring (bicyclic) bond motifs is 1. The van der Waals surface area contributed by atoms with E-state index in [2.05, 4.69) is 15.6 Å². The second-order valence-corrected chi connectivity index (χ2v) is 7.46. The van der Waals surface area contributed by atoms with Crippen LogP contribution >= 0.6 is 23.4 Å². The van der Waals surface area contributed by atoms with Crippen molar-refractivity contribution < 1.29 is 4.79 Å². The summed E-state index contributed by atoms with van der Waals surface area (Å²) in [5, 5.41) is 8.04. The van der Waals surface area contributed by atoms with Crippen molar-refractivity contribution in [2.45, 2.75) is 12.4 Å². The molecule has 1 unspecified atom stereocenters. The summed E-state index contributed by atoms with van der Waals surface area (Å²) in [7, 11) is 0. The minimum Gasteiger partial charge on any atom is -0.361 e. The summed E-state index contributed by atoms with van der Waals surface area (Å²) in [6.45, 7) is 2.00. The van der Waals surface area contributed by atoms with E-state index in [1.807, 2.05) is 61.7 Å². The Labute approximate surface area is 154 Å². The normalized spacial score (nSPS) is 18.7. The molecule has 1 aromatic heterocycles. The van der Waals surface area contributed by atoms with Crippen LogP contribution in [0.1, 0.15) is 11.1 Å². The molecule has 4 rings (SSSR count). The van der Waals surface area contributed by atoms with Crippen LogP contribution in [0.5, 0.6) is 0 Å². The molecule has 0 saturated carbocycles. The number of benzene rings is 2. The van der Waals surface area contributed by atoms with Crippen LogP contribution in [0.15, 0.2) is 53.6 Å². The third-order valence-corrected chi connectivity index (χ3v) is 5.39. The minimum atomic E-state index is -0.221. The molecule has 0 spiro atoms. The van der Waals surface area contributed by atoms with Crippen molar-refractivity contribution in [3.63, 3.8) is 0 Å². The van der Waals surface area contributed by atoms with E-state index in [-0.39, 0.29) is 11.4 Å². The highest BCUT2D eigenvalue weighted by atomic mass is 35.5. The van der Waals surface area contributed by atoms with Crippen LogP contribution < -0.4 is 10.6 Å². The van der Waals surface area contributed by atoms with E-state index in [0.717, 1.165) is 27.7 Å². The molecule has 2 heterocycles. The molecule has 0 aliphatic carbocycles. The number of aromatic nitrogens is 1. The van der Waals surface area contributed by atoms with Crippen LogP contribution in [0.4, 0.5) is 5.69 Å². The van der Waals surface area contributed by atoms with Gasteiger partial charge in [0.1, 0.15) is 0 Å². The summed E-state index contributed by atoms with van der Waals surface area (Å²) in [5.41, 5.74) is 3.84. The van der Waals surface area contributed by atoms with Gasteiger partial charge < -0.3 is 15.6 Å². The largest absolute Gasteiger partial charge is 0.361 e. The predicted octanol–water partition coefficient (Wildman–Crippen LogP) is 4.73. The van der Waals surface area contributed by atoms with Crippen LogP contribution in [0, 0.1) is 6.92 Å². The van der Waals surface area contributed by atoms with Crippen LogP contribution in [0.3, 0.4) is 0 Å². The van der Waals surface area contributed by atoms with Gasteiger partial charge in [0.25, 0.3) is 5.91 Å². The number of aromatic amines is 1. The number of hydrogen-bond acceptors (Lipinski definition) is 3. The van der Waals surface area contributed by atoms with Gasteiger partial charge in [0.05, 0.1) is 4.91 Å². The molecule has 1 aliphatic heterocycles. The third-order valence-electron chi connectivity index (χ3n) is 4.12. The molecule has 1 fully saturated rings. The molecule has 0 radical (unpaired) electrons. The number of aryl methyl sites for hydroxylation is 1. The topological polar surface area (TPSA) is 56.9 Å². The highest BCUT2D eigenvalue weighted by Gasteiger charge is 2.27. The molecule has 25 heavy (non-hydrogen) atoms. The Balaban J connectivity index is 1.57. The maximum absolute atomic E-state index is 12.3. The van der Waals surface area contributed by atoms with Gasteiger partial charge in [-0.1, -0.05) is 47.6 Å². The van der Waals surface area contributed by atoms with E-state index in [0.29, 0.717) is 9.93 Å². The van der Waals surface area contributed by atoms with Crippen molar-refractivity contribution in [3.05, 3.63) is 69.7 Å². The second kappa shape index (κ2) is 6.50. The third kappa shape index (κ3) is 3.25. The Morgan fingerprint density at radius 3 is 2.96 bits per heavy atom. The Bertz CT molecular complexity index is 995. The fourth-order valence-electron chi connectivity index (χ4n) is 2.81. The lowest BCUT2D eigenvalue weighted by Crippen LogP contribution is -2.31. The first-order chi connectivity index (χ1) is 12.1. The molecule has 0 bridgehead atoms. The average molecular weight is 370 g/mol. The summed E-state index contributed by atoms with van der Waals surface area (Å²) >= 11 is 7.53. The van der Waals surface area contributed by atoms with E-state index < -0.39 is 0 Å². The molecular weight excluding hydrogens is 354 g/mol. The lowest BCUT2D eigenvalue weighted by molar-refractivity contribution is -0.116. The maximum atomic E-state index is 12.3. The van der Waals surface area contributed by atoms with E-state index in [4.69, 9.17) is 11.6 Å². The first-order valence-corrected chi connectivity index (χ1v) is 9.14. The summed E-state index contributed by atoms with van der Waals surface area (Å²) in [5.74, 6) is -0.0764. The number of anilines is 1. The Morgan fingerprint density at radius 1 is 1.24 bits per heavy atom. The first kappa shape index (κ1) is 16.1. The molecule has 126 valence electrons. The smallest absolute Gasteiger partial charge is 0.260 e. The van der Waals surface area contributed by atoms with Crippen molar-refractivity contribution >= 4 is 51.9 Å². The van der Waals surface area contributed by atoms with Gasteiger partial charge in [-0.25, -0.2) is 0 Å². The molecule has 1 atom stereocenters. The lowest BCUT2D eigenvalue weighted by Gasteiger charge is -2.15. The fourth-order valence-corrected chi connectivity index (χ4v) is 3.95. The van der Waals surface area contributed by atoms with Crippen LogP contribution in [0.2, 0.25) is 5.02 Å². The van der Waals surface area contributed by atoms with Gasteiger partial charge in [-0.15, -0.1) is 0 Å². The van der Waals surface area contributed by atoms with E-state index in [1.165, 1.54) is 11.8 Å². The summed E-state index contributed by atoms with van der Waals surface area (Å²) in [6.07, 6.45) is 3.85. The van der Waals surface area contributed by atoms with Gasteiger partial charge in [0.15, 0.2) is 5.50 Å². The summed E-state index contributed by atoms with van der Waals surface area (Å²) < 4.78 is 0. The van der Waals surface area contributed by atoms with Gasteiger partial charge in [-0.05, 0) is 36.8 Å². The maximum Gasteiger partial charge on any atom is 0.260 e. The van der Waals surface area contributed by atoms with Crippen molar-refractivity contribution in [1.82, 2.24) is 10.3 Å². The Hall–Kier alpha value is -2.37. The van der Waals surface area contributed by atoms with Gasteiger partial charge in [-0.3, -0.25) is 4.79 Å². The predicted molar refractivity (Wildman–Crippen MR) is 106 cm³/mol. The monoisotopic (exact) mass is 369 g/mol. The van der Waals surface area contributed by atoms with Crippen LogP contribution in [0.25, 0.3) is 17.0 Å². The number of H-pyrrole nitrogens is 1. The summed E-state index contributed by atoms with van der Waals surface area (Å²) in [6, 6.07) is 13.7. The molecule has 1 saturated heterocycles. The van der Waals surface area contributed by atoms with E-state index >= 15 is 0 Å². The van der Waals surface area contributed by atoms with Crippen LogP contribution in [-0.2, 0) is 4.79 Å². The highest BCUT2D eigenvalue weighted by Crippen LogP contribution is 2.32. The lowest BCUT2D eigenvalue weighted by atomic mass is 10.1. The zero-order valence-corrected chi connectivity index (χ0v) is 15.0. The Morgan fingerprint density at radius 2 is 2.08 bits per heavy atom. The standard InChI is InChI=1S/C19H16ClN3OS/c1-11-6-7-13(20)9-16(11)22-19-23-18(24)17(25-19)8-12-10-21-15-5-3-2-4-14(12)15/h2-10,19,21-22H,1H3,(H,23,24)/b17-8-. The van der Waals surface area contributed by atoms with E-state index in [1.54, 1.807) is 0 Å². The van der Waals surface area contributed by atoms with Crippen molar-refractivity contribution in [2.75, 3.05) is 5.32 Å². The van der Waals surface area contributed by atoms with Crippen LogP contribution in [-0.4, -0.2) is 16.4 Å². The van der Waals surface area contributed by atoms with Gasteiger partial charge in [0, 0.05) is 33.4 Å². The number of carbonyl (C=O) groups excluding carboxylic acids is 1. The molecular formula is C19H16ClN3OS. The number of thioether (sulfide) groups is 1. The van der Waals surface area contributed by atoms with Crippen molar-refractivity contribution in [3.8, 4) is 0 Å². The van der Waals surface area contributed by atoms with E-state index in [9.17, 15) is 4.79 Å². The first-order valence-electron chi connectivity index (χ1n) is 7.88. The van der Waals surface area contributed by atoms with Gasteiger partial charge >= 0.3 is 0 Å². The molecule has 2 aromatic carbocycles. The number of para-hydroxylation sites is 1. The van der Waals surface area contributed by atoms with Crippen molar-refractivity contribution in [2.24, 2.45) is 0 Å². The Kier molecular flexibility index (Phi) is 4.19. The molecule has 3 aromatic rings. The summed E-state index contributed by atoms with van der Waals surface area (Å²) in [4.78, 5) is 16.2.